The molecule has 0 radical (unpaired) electrons. The summed E-state index contributed by atoms with van der Waals surface area (Å²) in [6.45, 7) is 4.25. The number of methoxy groups -OCH3 is 1. The van der Waals surface area contributed by atoms with Gasteiger partial charge in [0, 0.05) is 0 Å². The second-order valence-corrected chi connectivity index (χ2v) is 6.37. The van der Waals surface area contributed by atoms with Crippen LogP contribution in [0.1, 0.15) is 48.7 Å². The van der Waals surface area contributed by atoms with Gasteiger partial charge in [0.15, 0.2) is 6.61 Å². The third-order valence-electron chi connectivity index (χ3n) is 4.16. The number of carbonyl (C=O) groups is 2. The van der Waals surface area contributed by atoms with Crippen molar-refractivity contribution in [2.75, 3.05) is 20.3 Å². The number of hydrogen-bond acceptors (Lipinski definition) is 5. The molecule has 0 bridgehead atoms. The predicted octanol–water partition coefficient (Wildman–Crippen LogP) is 3.91. The van der Waals surface area contributed by atoms with Crippen molar-refractivity contribution in [2.24, 2.45) is 0 Å². The fourth-order valence-corrected chi connectivity index (χ4v) is 2.51. The van der Waals surface area contributed by atoms with Crippen LogP contribution in [-0.4, -0.2) is 32.2 Å². The minimum Gasteiger partial charge on any atom is -0.497 e. The molecule has 0 aliphatic heterocycles. The Bertz CT molecular complexity index is 773. The largest absolute Gasteiger partial charge is 0.497 e. The molecule has 6 heteroatoms. The molecular formula is C22H27NO5. The number of rotatable bonds is 10. The van der Waals surface area contributed by atoms with E-state index in [4.69, 9.17) is 14.2 Å². The number of ether oxygens (including phenoxy) is 3. The van der Waals surface area contributed by atoms with Crippen molar-refractivity contribution in [1.29, 1.82) is 0 Å². The zero-order valence-corrected chi connectivity index (χ0v) is 16.6. The first-order valence-electron chi connectivity index (χ1n) is 9.36. The molecule has 0 saturated carbocycles. The summed E-state index contributed by atoms with van der Waals surface area (Å²) in [5, 5.41) is 2.80. The lowest BCUT2D eigenvalue weighted by molar-refractivity contribution is -0.124. The fourth-order valence-electron chi connectivity index (χ4n) is 2.51. The van der Waals surface area contributed by atoms with E-state index in [9.17, 15) is 9.59 Å². The number of nitrogens with one attached hydrogen (secondary N) is 1. The predicted molar refractivity (Wildman–Crippen MR) is 107 cm³/mol. The molecule has 0 heterocycles. The molecule has 0 spiro atoms. The Morgan fingerprint density at radius 1 is 1.07 bits per heavy atom. The lowest BCUT2D eigenvalue weighted by Gasteiger charge is -2.15. The van der Waals surface area contributed by atoms with E-state index in [0.717, 1.165) is 18.4 Å². The van der Waals surface area contributed by atoms with E-state index >= 15 is 0 Å². The van der Waals surface area contributed by atoms with Gasteiger partial charge in [-0.15, -0.1) is 0 Å². The molecule has 0 aromatic heterocycles. The number of carbonyl (C=O) groups excluding carboxylic acids is 2. The van der Waals surface area contributed by atoms with Crippen LogP contribution >= 0.6 is 0 Å². The maximum absolute atomic E-state index is 12.1. The van der Waals surface area contributed by atoms with E-state index in [1.807, 2.05) is 31.2 Å². The highest BCUT2D eigenvalue weighted by Crippen LogP contribution is 2.18. The molecule has 0 aliphatic rings. The first kappa shape index (κ1) is 21.3. The normalized spacial score (nSPS) is 11.4. The summed E-state index contributed by atoms with van der Waals surface area (Å²) < 4.78 is 15.8. The van der Waals surface area contributed by atoms with E-state index in [2.05, 4.69) is 12.2 Å². The van der Waals surface area contributed by atoms with E-state index in [-0.39, 0.29) is 18.6 Å². The van der Waals surface area contributed by atoms with Gasteiger partial charge in [0.1, 0.15) is 11.5 Å². The van der Waals surface area contributed by atoms with Crippen molar-refractivity contribution in [3.05, 3.63) is 59.7 Å². The monoisotopic (exact) mass is 385 g/mol. The topological polar surface area (TPSA) is 73.9 Å². The third-order valence-corrected chi connectivity index (χ3v) is 4.16. The van der Waals surface area contributed by atoms with Crippen molar-refractivity contribution in [3.8, 4) is 11.5 Å². The standard InChI is InChI=1S/C22H27NO5/c1-4-5-13-27-19-11-9-17(10-12-19)22(25)28-15-21(24)23-16(2)18-7-6-8-20(14-18)26-3/h6-12,14,16H,4-5,13,15H2,1-3H3,(H,23,24)/t16-/m0/s1. The number of amides is 1. The van der Waals surface area contributed by atoms with Gasteiger partial charge in [0.05, 0.1) is 25.3 Å². The molecule has 2 rings (SSSR count). The molecule has 28 heavy (non-hydrogen) atoms. The molecule has 1 N–H and O–H groups in total. The number of hydrogen-bond donors (Lipinski definition) is 1. The molecule has 0 saturated heterocycles. The summed E-state index contributed by atoms with van der Waals surface area (Å²) in [6.07, 6.45) is 2.04. The van der Waals surface area contributed by atoms with Crippen molar-refractivity contribution in [3.63, 3.8) is 0 Å². The smallest absolute Gasteiger partial charge is 0.338 e. The van der Waals surface area contributed by atoms with Crippen molar-refractivity contribution >= 4 is 11.9 Å². The van der Waals surface area contributed by atoms with Gasteiger partial charge in [-0.1, -0.05) is 25.5 Å². The highest BCUT2D eigenvalue weighted by Gasteiger charge is 2.14. The molecule has 6 nitrogen and oxygen atoms in total. The van der Waals surface area contributed by atoms with Gasteiger partial charge in [-0.2, -0.15) is 0 Å². The van der Waals surface area contributed by atoms with Gasteiger partial charge in [-0.25, -0.2) is 4.79 Å². The molecule has 2 aromatic rings. The Morgan fingerprint density at radius 2 is 1.82 bits per heavy atom. The molecule has 150 valence electrons. The van der Waals surface area contributed by atoms with E-state index in [0.29, 0.717) is 23.7 Å². The van der Waals surface area contributed by atoms with Crippen LogP contribution in [0, 0.1) is 0 Å². The average molecular weight is 385 g/mol. The van der Waals surface area contributed by atoms with Crippen LogP contribution in [0.15, 0.2) is 48.5 Å². The molecule has 0 aliphatic carbocycles. The van der Waals surface area contributed by atoms with Crippen LogP contribution in [0.25, 0.3) is 0 Å². The minimum atomic E-state index is -0.552. The quantitative estimate of drug-likeness (QED) is 0.496. The van der Waals surface area contributed by atoms with Gasteiger partial charge in [0.2, 0.25) is 0 Å². The minimum absolute atomic E-state index is 0.235. The summed E-state index contributed by atoms with van der Waals surface area (Å²) in [7, 11) is 1.59. The zero-order valence-electron chi connectivity index (χ0n) is 16.6. The number of esters is 1. The third kappa shape index (κ3) is 6.61. The van der Waals surface area contributed by atoms with Crippen molar-refractivity contribution in [1.82, 2.24) is 5.32 Å². The summed E-state index contributed by atoms with van der Waals surface area (Å²) in [4.78, 5) is 24.2. The first-order valence-corrected chi connectivity index (χ1v) is 9.36. The lowest BCUT2D eigenvalue weighted by Crippen LogP contribution is -2.31. The maximum Gasteiger partial charge on any atom is 0.338 e. The molecular weight excluding hydrogens is 358 g/mol. The van der Waals surface area contributed by atoms with Crippen LogP contribution < -0.4 is 14.8 Å². The Balaban J connectivity index is 1.80. The SMILES string of the molecule is CCCCOc1ccc(C(=O)OCC(=O)N[C@@H](C)c2cccc(OC)c2)cc1. The summed E-state index contributed by atoms with van der Waals surface area (Å²) in [6, 6.07) is 13.9. The van der Waals surface area contributed by atoms with Crippen LogP contribution in [-0.2, 0) is 9.53 Å². The number of unbranched alkanes of at least 4 members (excludes halogenated alkanes) is 1. The second kappa shape index (κ2) is 11.0. The zero-order chi connectivity index (χ0) is 20.4. The molecule has 0 unspecified atom stereocenters. The van der Waals surface area contributed by atoms with Crippen LogP contribution in [0.4, 0.5) is 0 Å². The average Bonchev–Trinajstić information content (AvgIpc) is 2.72. The Kier molecular flexibility index (Phi) is 8.34. The number of benzene rings is 2. The van der Waals surface area contributed by atoms with Crippen molar-refractivity contribution in [2.45, 2.75) is 32.7 Å². The van der Waals surface area contributed by atoms with Gasteiger partial charge >= 0.3 is 5.97 Å². The molecule has 2 aromatic carbocycles. The maximum atomic E-state index is 12.1. The van der Waals surface area contributed by atoms with Gasteiger partial charge < -0.3 is 19.5 Å². The van der Waals surface area contributed by atoms with Crippen LogP contribution in [0.3, 0.4) is 0 Å². The van der Waals surface area contributed by atoms with Gasteiger partial charge in [-0.3, -0.25) is 4.79 Å². The second-order valence-electron chi connectivity index (χ2n) is 6.37. The summed E-state index contributed by atoms with van der Waals surface area (Å²) in [5.41, 5.74) is 1.27. The molecule has 0 fully saturated rings. The van der Waals surface area contributed by atoms with Crippen LogP contribution in [0.2, 0.25) is 0 Å². The van der Waals surface area contributed by atoms with E-state index in [1.165, 1.54) is 0 Å². The van der Waals surface area contributed by atoms with E-state index in [1.54, 1.807) is 31.4 Å². The molecule has 1 atom stereocenters. The van der Waals surface area contributed by atoms with Crippen LogP contribution in [0.5, 0.6) is 11.5 Å². The van der Waals surface area contributed by atoms with Gasteiger partial charge in [0.25, 0.3) is 5.91 Å². The fraction of sp³-hybridized carbons (Fsp3) is 0.364. The molecule has 1 amide bonds. The first-order chi connectivity index (χ1) is 13.5. The lowest BCUT2D eigenvalue weighted by atomic mass is 10.1. The van der Waals surface area contributed by atoms with Crippen molar-refractivity contribution < 1.29 is 23.8 Å². The highest BCUT2D eigenvalue weighted by atomic mass is 16.5. The highest BCUT2D eigenvalue weighted by molar-refractivity contribution is 5.91. The Morgan fingerprint density at radius 3 is 2.50 bits per heavy atom. The Hall–Kier alpha value is -3.02. The van der Waals surface area contributed by atoms with E-state index < -0.39 is 5.97 Å². The van der Waals surface area contributed by atoms with Gasteiger partial charge in [-0.05, 0) is 55.3 Å². The summed E-state index contributed by atoms with van der Waals surface area (Å²) >= 11 is 0. The summed E-state index contributed by atoms with van der Waals surface area (Å²) in [5.74, 6) is 0.495. The Labute approximate surface area is 165 Å².